The summed E-state index contributed by atoms with van der Waals surface area (Å²) in [5, 5.41) is 16.4. The van der Waals surface area contributed by atoms with Gasteiger partial charge in [0.15, 0.2) is 5.76 Å². The van der Waals surface area contributed by atoms with Gasteiger partial charge in [0.1, 0.15) is 23.2 Å². The number of fused-ring (bicyclic) bond motifs is 1. The summed E-state index contributed by atoms with van der Waals surface area (Å²) in [6.07, 6.45) is 0. The van der Waals surface area contributed by atoms with Gasteiger partial charge in [-0.25, -0.2) is 8.78 Å². The van der Waals surface area contributed by atoms with Crippen LogP contribution in [0.5, 0.6) is 0 Å². The van der Waals surface area contributed by atoms with Gasteiger partial charge >= 0.3 is 0 Å². The third kappa shape index (κ3) is 3.56. The first kappa shape index (κ1) is 18.3. The van der Waals surface area contributed by atoms with Gasteiger partial charge in [0, 0.05) is 22.8 Å². The molecule has 0 aliphatic rings. The second-order valence-corrected chi connectivity index (χ2v) is 6.31. The van der Waals surface area contributed by atoms with Gasteiger partial charge in [-0.15, -0.1) is 0 Å². The Labute approximate surface area is 164 Å². The van der Waals surface area contributed by atoms with E-state index in [2.05, 4.69) is 10.5 Å². The monoisotopic (exact) mass is 389 g/mol. The van der Waals surface area contributed by atoms with Crippen LogP contribution in [0.3, 0.4) is 0 Å². The minimum Gasteiger partial charge on any atom is -0.355 e. The number of nitrogens with zero attached hydrogens (tertiary/aromatic N) is 2. The van der Waals surface area contributed by atoms with Crippen LogP contribution in [-0.4, -0.2) is 11.1 Å². The smallest absolute Gasteiger partial charge is 0.252 e. The van der Waals surface area contributed by atoms with Crippen molar-refractivity contribution in [2.24, 2.45) is 0 Å². The minimum atomic E-state index is -1.27. The first-order valence-corrected chi connectivity index (χ1v) is 8.67. The van der Waals surface area contributed by atoms with Crippen LogP contribution in [0.15, 0.2) is 71.3 Å². The van der Waals surface area contributed by atoms with E-state index in [1.54, 1.807) is 12.1 Å². The highest BCUT2D eigenvalue weighted by atomic mass is 19.1. The summed E-state index contributed by atoms with van der Waals surface area (Å²) in [5.41, 5.74) is 1.51. The van der Waals surface area contributed by atoms with Gasteiger partial charge < -0.3 is 9.84 Å². The average molecular weight is 389 g/mol. The van der Waals surface area contributed by atoms with Gasteiger partial charge in [-0.2, -0.15) is 5.26 Å². The molecule has 1 heterocycles. The number of halogens is 2. The Morgan fingerprint density at radius 3 is 2.59 bits per heavy atom. The van der Waals surface area contributed by atoms with Crippen LogP contribution in [0, 0.1) is 23.0 Å². The topological polar surface area (TPSA) is 78.9 Å². The number of hydrogen-bond acceptors (Lipinski definition) is 4. The van der Waals surface area contributed by atoms with Crippen molar-refractivity contribution >= 4 is 16.8 Å². The maximum absolute atomic E-state index is 14.0. The van der Waals surface area contributed by atoms with Crippen LogP contribution in [0.25, 0.3) is 22.2 Å². The molecule has 0 aliphatic carbocycles. The summed E-state index contributed by atoms with van der Waals surface area (Å²) in [4.78, 5) is 12.7. The Bertz CT molecular complexity index is 1250. The zero-order chi connectivity index (χ0) is 20.4. The average Bonchev–Trinajstić information content (AvgIpc) is 3.16. The van der Waals surface area contributed by atoms with Crippen molar-refractivity contribution in [2.45, 2.75) is 6.04 Å². The third-order valence-corrected chi connectivity index (χ3v) is 4.45. The third-order valence-electron chi connectivity index (χ3n) is 4.45. The van der Waals surface area contributed by atoms with Crippen LogP contribution in [-0.2, 0) is 0 Å². The minimum absolute atomic E-state index is 0.113. The number of carbonyl (C=O) groups excluding carboxylic acids is 1. The molecule has 5 nitrogen and oxygen atoms in total. The molecule has 0 radical (unpaired) electrons. The molecule has 3 aromatic carbocycles. The highest BCUT2D eigenvalue weighted by Crippen LogP contribution is 2.29. The summed E-state index contributed by atoms with van der Waals surface area (Å²) in [6.45, 7) is 0. The van der Waals surface area contributed by atoms with Gasteiger partial charge in [-0.05, 0) is 24.3 Å². The SMILES string of the molecule is N#CC(NC(=O)c1ccc2noc(-c3ccccc3)c2c1)c1ccc(F)cc1F. The van der Waals surface area contributed by atoms with E-state index in [0.717, 1.165) is 17.7 Å². The molecule has 142 valence electrons. The first-order chi connectivity index (χ1) is 14.1. The second-order valence-electron chi connectivity index (χ2n) is 6.31. The van der Waals surface area contributed by atoms with Crippen LogP contribution >= 0.6 is 0 Å². The highest BCUT2D eigenvalue weighted by molar-refractivity contribution is 6.01. The fraction of sp³-hybridized carbons (Fsp3) is 0.0455. The van der Waals surface area contributed by atoms with E-state index in [-0.39, 0.29) is 11.1 Å². The molecule has 7 heteroatoms. The molecule has 1 unspecified atom stereocenters. The number of rotatable bonds is 4. The molecule has 0 fully saturated rings. The Morgan fingerprint density at radius 1 is 1.07 bits per heavy atom. The van der Waals surface area contributed by atoms with Gasteiger partial charge in [-0.3, -0.25) is 4.79 Å². The summed E-state index contributed by atoms with van der Waals surface area (Å²) in [5.74, 6) is -1.74. The lowest BCUT2D eigenvalue weighted by atomic mass is 10.0. The van der Waals surface area contributed by atoms with Crippen LogP contribution in [0.2, 0.25) is 0 Å². The van der Waals surface area contributed by atoms with E-state index in [1.807, 2.05) is 36.4 Å². The number of nitrogens with one attached hydrogen (secondary N) is 1. The van der Waals surface area contributed by atoms with E-state index in [4.69, 9.17) is 4.52 Å². The molecule has 0 spiro atoms. The van der Waals surface area contributed by atoms with Crippen molar-refractivity contribution in [3.05, 3.63) is 89.5 Å². The van der Waals surface area contributed by atoms with E-state index in [9.17, 15) is 18.8 Å². The van der Waals surface area contributed by atoms with Crippen molar-refractivity contribution in [3.8, 4) is 17.4 Å². The maximum atomic E-state index is 14.0. The van der Waals surface area contributed by atoms with Gasteiger partial charge in [0.25, 0.3) is 5.91 Å². The molecule has 4 rings (SSSR count). The lowest BCUT2D eigenvalue weighted by Gasteiger charge is -2.13. The number of aromatic nitrogens is 1. The zero-order valence-electron chi connectivity index (χ0n) is 14.9. The van der Waals surface area contributed by atoms with E-state index in [0.29, 0.717) is 22.7 Å². The fourth-order valence-electron chi connectivity index (χ4n) is 3.01. The molecule has 1 aromatic heterocycles. The molecular formula is C22H13F2N3O2. The van der Waals surface area contributed by atoms with Crippen molar-refractivity contribution in [2.75, 3.05) is 0 Å². The second kappa shape index (κ2) is 7.52. The highest BCUT2D eigenvalue weighted by Gasteiger charge is 2.20. The van der Waals surface area contributed by atoms with Crippen molar-refractivity contribution in [3.63, 3.8) is 0 Å². The number of hydrogen-bond donors (Lipinski definition) is 1. The van der Waals surface area contributed by atoms with Gasteiger partial charge in [-0.1, -0.05) is 41.6 Å². The first-order valence-electron chi connectivity index (χ1n) is 8.67. The summed E-state index contributed by atoms with van der Waals surface area (Å²) >= 11 is 0. The number of carbonyl (C=O) groups is 1. The molecule has 0 saturated carbocycles. The van der Waals surface area contributed by atoms with Gasteiger partial charge in [0.2, 0.25) is 0 Å². The van der Waals surface area contributed by atoms with Gasteiger partial charge in [0.05, 0.1) is 11.5 Å². The predicted molar refractivity (Wildman–Crippen MR) is 102 cm³/mol. The molecule has 1 amide bonds. The van der Waals surface area contributed by atoms with Crippen molar-refractivity contribution in [1.29, 1.82) is 5.26 Å². The molecule has 29 heavy (non-hydrogen) atoms. The Kier molecular flexibility index (Phi) is 4.75. The van der Waals surface area contributed by atoms with Crippen LogP contribution in [0.1, 0.15) is 22.0 Å². The molecule has 1 atom stereocenters. The van der Waals surface area contributed by atoms with Crippen LogP contribution < -0.4 is 5.32 Å². The quantitative estimate of drug-likeness (QED) is 0.545. The Balaban J connectivity index is 1.65. The number of amides is 1. The largest absolute Gasteiger partial charge is 0.355 e. The lowest BCUT2D eigenvalue weighted by molar-refractivity contribution is 0.0945. The summed E-state index contributed by atoms with van der Waals surface area (Å²) in [7, 11) is 0. The standard InChI is InChI=1S/C22H13F2N3O2/c23-15-7-8-16(18(24)11-15)20(12-25)26-22(28)14-6-9-19-17(10-14)21(29-27-19)13-4-2-1-3-5-13/h1-11,20H,(H,26,28). The molecule has 1 N–H and O–H groups in total. The van der Waals surface area contributed by atoms with E-state index in [1.165, 1.54) is 6.07 Å². The molecular weight excluding hydrogens is 376 g/mol. The fourth-order valence-corrected chi connectivity index (χ4v) is 3.01. The summed E-state index contributed by atoms with van der Waals surface area (Å²) in [6, 6.07) is 17.4. The van der Waals surface area contributed by atoms with Crippen molar-refractivity contribution in [1.82, 2.24) is 10.5 Å². The molecule has 0 aliphatic heterocycles. The molecule has 0 bridgehead atoms. The molecule has 4 aromatic rings. The van der Waals surface area contributed by atoms with E-state index < -0.39 is 23.6 Å². The van der Waals surface area contributed by atoms with E-state index >= 15 is 0 Å². The number of benzene rings is 3. The maximum Gasteiger partial charge on any atom is 0.252 e. The van der Waals surface area contributed by atoms with Crippen molar-refractivity contribution < 1.29 is 18.1 Å². The predicted octanol–water partition coefficient (Wildman–Crippen LogP) is 4.77. The van der Waals surface area contributed by atoms with Crippen LogP contribution in [0.4, 0.5) is 8.78 Å². The zero-order valence-corrected chi connectivity index (χ0v) is 14.9. The molecule has 0 saturated heterocycles. The lowest BCUT2D eigenvalue weighted by Crippen LogP contribution is -2.28. The Hall–Kier alpha value is -4.05. The summed E-state index contributed by atoms with van der Waals surface area (Å²) < 4.78 is 32.5. The Morgan fingerprint density at radius 2 is 1.86 bits per heavy atom. The number of nitriles is 1. The normalized spacial score (nSPS) is 11.8.